The molecule has 1 saturated carbocycles. The SMILES string of the molecule is C[C@H](Oc1cccc(Cl)c1)C(=O)N(Cc1nccn1C)C1CC1. The van der Waals surface area contributed by atoms with Crippen LogP contribution < -0.4 is 4.74 Å². The molecule has 122 valence electrons. The van der Waals surface area contributed by atoms with Crippen LogP contribution in [0.15, 0.2) is 36.7 Å². The summed E-state index contributed by atoms with van der Waals surface area (Å²) in [6, 6.07) is 7.39. The normalized spacial score (nSPS) is 15.3. The molecule has 0 saturated heterocycles. The molecule has 1 aliphatic carbocycles. The van der Waals surface area contributed by atoms with E-state index in [0.29, 0.717) is 23.4 Å². The summed E-state index contributed by atoms with van der Waals surface area (Å²) in [7, 11) is 1.93. The van der Waals surface area contributed by atoms with Gasteiger partial charge in [0.25, 0.3) is 5.91 Å². The molecule has 1 fully saturated rings. The smallest absolute Gasteiger partial charge is 0.264 e. The fourth-order valence-corrected chi connectivity index (χ4v) is 2.68. The number of halogens is 1. The van der Waals surface area contributed by atoms with Crippen LogP contribution in [0.2, 0.25) is 5.02 Å². The highest BCUT2D eigenvalue weighted by Crippen LogP contribution is 2.29. The molecule has 6 heteroatoms. The fourth-order valence-electron chi connectivity index (χ4n) is 2.50. The molecule has 1 heterocycles. The number of benzene rings is 1. The van der Waals surface area contributed by atoms with Gasteiger partial charge in [0.15, 0.2) is 6.10 Å². The Balaban J connectivity index is 1.69. The predicted molar refractivity (Wildman–Crippen MR) is 88.3 cm³/mol. The summed E-state index contributed by atoms with van der Waals surface area (Å²) in [6.45, 7) is 2.29. The number of aromatic nitrogens is 2. The van der Waals surface area contributed by atoms with Crippen LogP contribution in [0.25, 0.3) is 0 Å². The zero-order valence-corrected chi connectivity index (χ0v) is 14.0. The maximum atomic E-state index is 12.8. The van der Waals surface area contributed by atoms with Crippen molar-refractivity contribution < 1.29 is 9.53 Å². The first-order chi connectivity index (χ1) is 11.0. The van der Waals surface area contributed by atoms with Gasteiger partial charge >= 0.3 is 0 Å². The molecule has 23 heavy (non-hydrogen) atoms. The van der Waals surface area contributed by atoms with Crippen LogP contribution in [0.3, 0.4) is 0 Å². The Bertz CT molecular complexity index is 697. The highest BCUT2D eigenvalue weighted by molar-refractivity contribution is 6.30. The van der Waals surface area contributed by atoms with Gasteiger partial charge in [0.1, 0.15) is 11.6 Å². The number of carbonyl (C=O) groups excluding carboxylic acids is 1. The van der Waals surface area contributed by atoms with Gasteiger partial charge in [-0.25, -0.2) is 4.98 Å². The topological polar surface area (TPSA) is 47.4 Å². The van der Waals surface area contributed by atoms with Gasteiger partial charge in [-0.05, 0) is 38.0 Å². The lowest BCUT2D eigenvalue weighted by Crippen LogP contribution is -2.41. The number of rotatable bonds is 6. The molecule has 0 unspecified atom stereocenters. The Morgan fingerprint density at radius 1 is 1.52 bits per heavy atom. The second-order valence-corrected chi connectivity index (χ2v) is 6.31. The van der Waals surface area contributed by atoms with Crippen LogP contribution in [-0.4, -0.2) is 32.5 Å². The first-order valence-corrected chi connectivity index (χ1v) is 8.11. The molecule has 1 aromatic heterocycles. The summed E-state index contributed by atoms with van der Waals surface area (Å²) in [6.07, 6.45) is 5.16. The van der Waals surface area contributed by atoms with Crippen LogP contribution in [0, 0.1) is 0 Å². The molecule has 0 radical (unpaired) electrons. The van der Waals surface area contributed by atoms with Gasteiger partial charge in [0, 0.05) is 30.5 Å². The number of ether oxygens (including phenoxy) is 1. The minimum atomic E-state index is -0.561. The molecule has 1 amide bonds. The van der Waals surface area contributed by atoms with E-state index in [1.807, 2.05) is 22.7 Å². The zero-order valence-electron chi connectivity index (χ0n) is 13.3. The standard InChI is InChI=1S/C17H20ClN3O2/c1-12(23-15-5-3-4-13(18)10-15)17(22)21(14-6-7-14)11-16-19-8-9-20(16)2/h3-5,8-10,12,14H,6-7,11H2,1-2H3/t12-/m0/s1. The molecule has 1 atom stereocenters. The third-order valence-corrected chi connectivity index (χ3v) is 4.20. The highest BCUT2D eigenvalue weighted by atomic mass is 35.5. The third kappa shape index (κ3) is 3.85. The first-order valence-electron chi connectivity index (χ1n) is 7.73. The van der Waals surface area contributed by atoms with E-state index in [1.54, 1.807) is 37.4 Å². The lowest BCUT2D eigenvalue weighted by molar-refractivity contribution is -0.139. The molecule has 5 nitrogen and oxygen atoms in total. The molecule has 1 aromatic carbocycles. The number of amides is 1. The molecule has 2 aromatic rings. The van der Waals surface area contributed by atoms with Crippen molar-refractivity contribution in [2.75, 3.05) is 0 Å². The fraction of sp³-hybridized carbons (Fsp3) is 0.412. The van der Waals surface area contributed by atoms with Crippen molar-refractivity contribution in [3.63, 3.8) is 0 Å². The number of imidazole rings is 1. The van der Waals surface area contributed by atoms with Crippen LogP contribution >= 0.6 is 11.6 Å². The highest BCUT2D eigenvalue weighted by Gasteiger charge is 2.36. The number of aryl methyl sites for hydroxylation is 1. The van der Waals surface area contributed by atoms with E-state index in [0.717, 1.165) is 18.7 Å². The van der Waals surface area contributed by atoms with Crippen molar-refractivity contribution in [2.24, 2.45) is 7.05 Å². The van der Waals surface area contributed by atoms with Crippen molar-refractivity contribution in [3.8, 4) is 5.75 Å². The average Bonchev–Trinajstić information content (AvgIpc) is 3.27. The number of carbonyl (C=O) groups is 1. The average molecular weight is 334 g/mol. The molecule has 0 N–H and O–H groups in total. The van der Waals surface area contributed by atoms with E-state index >= 15 is 0 Å². The molecular formula is C17H20ClN3O2. The minimum Gasteiger partial charge on any atom is -0.481 e. The van der Waals surface area contributed by atoms with Gasteiger partial charge in [0.05, 0.1) is 6.54 Å². The van der Waals surface area contributed by atoms with E-state index in [-0.39, 0.29) is 5.91 Å². The van der Waals surface area contributed by atoms with Crippen molar-refractivity contribution in [1.29, 1.82) is 0 Å². The number of hydrogen-bond donors (Lipinski definition) is 0. The van der Waals surface area contributed by atoms with Crippen molar-refractivity contribution in [3.05, 3.63) is 47.5 Å². The second kappa shape index (κ2) is 6.62. The Labute approximate surface area is 140 Å². The first kappa shape index (κ1) is 15.9. The van der Waals surface area contributed by atoms with Gasteiger partial charge in [-0.1, -0.05) is 17.7 Å². The Morgan fingerprint density at radius 2 is 2.30 bits per heavy atom. The summed E-state index contributed by atoms with van der Waals surface area (Å²) >= 11 is 5.96. The molecule has 3 rings (SSSR count). The van der Waals surface area contributed by atoms with E-state index in [9.17, 15) is 4.79 Å². The van der Waals surface area contributed by atoms with Crippen LogP contribution in [0.4, 0.5) is 0 Å². The number of nitrogens with zero attached hydrogens (tertiary/aromatic N) is 3. The minimum absolute atomic E-state index is 0.0181. The summed E-state index contributed by atoms with van der Waals surface area (Å²) in [4.78, 5) is 19.0. The maximum absolute atomic E-state index is 12.8. The second-order valence-electron chi connectivity index (χ2n) is 5.87. The molecular weight excluding hydrogens is 314 g/mol. The van der Waals surface area contributed by atoms with E-state index in [1.165, 1.54) is 0 Å². The van der Waals surface area contributed by atoms with Crippen LogP contribution in [0.5, 0.6) is 5.75 Å². The van der Waals surface area contributed by atoms with Crippen molar-refractivity contribution in [2.45, 2.75) is 38.5 Å². The maximum Gasteiger partial charge on any atom is 0.264 e. The van der Waals surface area contributed by atoms with E-state index in [4.69, 9.17) is 16.3 Å². The van der Waals surface area contributed by atoms with Gasteiger partial charge in [-0.3, -0.25) is 4.79 Å². The molecule has 0 spiro atoms. The van der Waals surface area contributed by atoms with E-state index < -0.39 is 6.10 Å². The lowest BCUT2D eigenvalue weighted by Gasteiger charge is -2.26. The summed E-state index contributed by atoms with van der Waals surface area (Å²) < 4.78 is 7.70. The van der Waals surface area contributed by atoms with Gasteiger partial charge in [-0.15, -0.1) is 0 Å². The Morgan fingerprint density at radius 3 is 2.91 bits per heavy atom. The zero-order chi connectivity index (χ0) is 16.4. The molecule has 0 bridgehead atoms. The molecule has 0 aliphatic heterocycles. The van der Waals surface area contributed by atoms with Crippen molar-refractivity contribution >= 4 is 17.5 Å². The van der Waals surface area contributed by atoms with Crippen LogP contribution in [-0.2, 0) is 18.4 Å². The van der Waals surface area contributed by atoms with E-state index in [2.05, 4.69) is 4.98 Å². The van der Waals surface area contributed by atoms with Gasteiger partial charge < -0.3 is 14.2 Å². The monoisotopic (exact) mass is 333 g/mol. The lowest BCUT2D eigenvalue weighted by atomic mass is 10.3. The van der Waals surface area contributed by atoms with Crippen molar-refractivity contribution in [1.82, 2.24) is 14.5 Å². The number of hydrogen-bond acceptors (Lipinski definition) is 3. The summed E-state index contributed by atoms with van der Waals surface area (Å²) in [5.74, 6) is 1.46. The third-order valence-electron chi connectivity index (χ3n) is 3.96. The Kier molecular flexibility index (Phi) is 4.57. The summed E-state index contributed by atoms with van der Waals surface area (Å²) in [5.41, 5.74) is 0. The van der Waals surface area contributed by atoms with Crippen LogP contribution in [0.1, 0.15) is 25.6 Å². The Hall–Kier alpha value is -2.01. The predicted octanol–water partition coefficient (Wildman–Crippen LogP) is 3.03. The van der Waals surface area contributed by atoms with Gasteiger partial charge in [-0.2, -0.15) is 0 Å². The molecule has 1 aliphatic rings. The summed E-state index contributed by atoms with van der Waals surface area (Å²) in [5, 5.41) is 0.592. The quantitative estimate of drug-likeness (QED) is 0.816. The van der Waals surface area contributed by atoms with Gasteiger partial charge in [0.2, 0.25) is 0 Å². The largest absolute Gasteiger partial charge is 0.481 e.